The van der Waals surface area contributed by atoms with Gasteiger partial charge in [-0.15, -0.1) is 0 Å². The standard InChI is InChI=1S/C10H12N2S2/c1-8-3-5-9(6-4-8)7-11-12-10(13)14-2/h3-7H,1-2H3,(H,12,13). The quantitative estimate of drug-likeness (QED) is 0.475. The highest BCUT2D eigenvalue weighted by Crippen LogP contribution is 2.00. The summed E-state index contributed by atoms with van der Waals surface area (Å²) in [7, 11) is 0. The largest absolute Gasteiger partial charge is 0.262 e. The third-order valence-corrected chi connectivity index (χ3v) is 2.69. The fourth-order valence-corrected chi connectivity index (χ4v) is 1.05. The van der Waals surface area contributed by atoms with Crippen molar-refractivity contribution in [2.24, 2.45) is 5.10 Å². The van der Waals surface area contributed by atoms with Gasteiger partial charge >= 0.3 is 0 Å². The van der Waals surface area contributed by atoms with Crippen molar-refractivity contribution in [2.75, 3.05) is 6.26 Å². The molecule has 0 aliphatic carbocycles. The Morgan fingerprint density at radius 3 is 2.64 bits per heavy atom. The highest BCUT2D eigenvalue weighted by atomic mass is 32.2. The Morgan fingerprint density at radius 2 is 2.07 bits per heavy atom. The molecule has 0 amide bonds. The van der Waals surface area contributed by atoms with Crippen LogP contribution in [0.2, 0.25) is 0 Å². The van der Waals surface area contributed by atoms with Gasteiger partial charge in [-0.1, -0.05) is 53.8 Å². The van der Waals surface area contributed by atoms with Crippen molar-refractivity contribution in [3.63, 3.8) is 0 Å². The van der Waals surface area contributed by atoms with Crippen molar-refractivity contribution in [2.45, 2.75) is 6.92 Å². The van der Waals surface area contributed by atoms with Crippen LogP contribution in [0.15, 0.2) is 29.4 Å². The molecule has 1 rings (SSSR count). The zero-order chi connectivity index (χ0) is 10.4. The minimum atomic E-state index is 0.674. The second-order valence-corrected chi connectivity index (χ2v) is 4.26. The number of aryl methyl sites for hydroxylation is 1. The van der Waals surface area contributed by atoms with E-state index in [2.05, 4.69) is 17.5 Å². The van der Waals surface area contributed by atoms with Crippen LogP contribution in [-0.2, 0) is 0 Å². The van der Waals surface area contributed by atoms with E-state index in [0.29, 0.717) is 4.32 Å². The van der Waals surface area contributed by atoms with E-state index in [-0.39, 0.29) is 0 Å². The van der Waals surface area contributed by atoms with Crippen molar-refractivity contribution >= 4 is 34.5 Å². The fourth-order valence-electron chi connectivity index (χ4n) is 0.858. The summed E-state index contributed by atoms with van der Waals surface area (Å²) in [6, 6.07) is 8.13. The number of thiocarbonyl (C=S) groups is 1. The number of thioether (sulfide) groups is 1. The van der Waals surface area contributed by atoms with Crippen molar-refractivity contribution in [3.8, 4) is 0 Å². The lowest BCUT2D eigenvalue weighted by molar-refractivity contribution is 1.07. The molecule has 0 saturated heterocycles. The third kappa shape index (κ3) is 3.89. The molecule has 1 aromatic rings. The van der Waals surface area contributed by atoms with Gasteiger partial charge < -0.3 is 0 Å². The summed E-state index contributed by atoms with van der Waals surface area (Å²) in [6.45, 7) is 2.06. The first-order valence-electron chi connectivity index (χ1n) is 4.16. The van der Waals surface area contributed by atoms with Crippen molar-refractivity contribution in [1.82, 2.24) is 5.43 Å². The highest BCUT2D eigenvalue weighted by molar-refractivity contribution is 8.22. The lowest BCUT2D eigenvalue weighted by atomic mass is 10.2. The first kappa shape index (κ1) is 11.2. The zero-order valence-electron chi connectivity index (χ0n) is 8.15. The smallest absolute Gasteiger partial charge is 0.153 e. The Morgan fingerprint density at radius 1 is 1.43 bits per heavy atom. The molecule has 0 aromatic heterocycles. The maximum absolute atomic E-state index is 4.93. The number of rotatable bonds is 2. The summed E-state index contributed by atoms with van der Waals surface area (Å²) in [5.74, 6) is 0. The lowest BCUT2D eigenvalue weighted by Crippen LogP contribution is -2.10. The Bertz CT molecular complexity index is 330. The maximum Gasteiger partial charge on any atom is 0.153 e. The minimum Gasteiger partial charge on any atom is -0.262 e. The topological polar surface area (TPSA) is 24.4 Å². The van der Waals surface area contributed by atoms with Crippen LogP contribution < -0.4 is 5.43 Å². The van der Waals surface area contributed by atoms with Crippen molar-refractivity contribution in [3.05, 3.63) is 35.4 Å². The van der Waals surface area contributed by atoms with Crippen molar-refractivity contribution in [1.29, 1.82) is 0 Å². The molecular weight excluding hydrogens is 212 g/mol. The average Bonchev–Trinajstić information content (AvgIpc) is 2.21. The number of hydrazone groups is 1. The van der Waals surface area contributed by atoms with Gasteiger partial charge in [-0.3, -0.25) is 5.43 Å². The number of hydrogen-bond donors (Lipinski definition) is 1. The molecule has 0 radical (unpaired) electrons. The van der Waals surface area contributed by atoms with E-state index in [1.165, 1.54) is 17.3 Å². The Balaban J connectivity index is 2.52. The molecule has 1 aromatic carbocycles. The van der Waals surface area contributed by atoms with E-state index in [0.717, 1.165) is 5.56 Å². The lowest BCUT2D eigenvalue weighted by Gasteiger charge is -1.97. The predicted molar refractivity (Wildman–Crippen MR) is 68.0 cm³/mol. The van der Waals surface area contributed by atoms with Gasteiger partial charge in [0.2, 0.25) is 0 Å². The number of hydrogen-bond acceptors (Lipinski definition) is 3. The van der Waals surface area contributed by atoms with E-state index in [1.807, 2.05) is 30.5 Å². The molecule has 0 spiro atoms. The van der Waals surface area contributed by atoms with Crippen LogP contribution in [0.1, 0.15) is 11.1 Å². The van der Waals surface area contributed by atoms with Gasteiger partial charge in [-0.05, 0) is 18.7 Å². The van der Waals surface area contributed by atoms with Crippen LogP contribution in [0.25, 0.3) is 0 Å². The maximum atomic E-state index is 4.93. The van der Waals surface area contributed by atoms with Gasteiger partial charge in [0.15, 0.2) is 4.32 Å². The summed E-state index contributed by atoms with van der Waals surface area (Å²) >= 11 is 6.40. The molecule has 0 unspecified atom stereocenters. The predicted octanol–water partition coefficient (Wildman–Crippen LogP) is 2.57. The molecule has 0 bridgehead atoms. The summed E-state index contributed by atoms with van der Waals surface area (Å²) in [4.78, 5) is 0. The van der Waals surface area contributed by atoms with Gasteiger partial charge in [-0.25, -0.2) is 0 Å². The molecule has 74 valence electrons. The van der Waals surface area contributed by atoms with Crippen LogP contribution in [0.3, 0.4) is 0 Å². The zero-order valence-corrected chi connectivity index (χ0v) is 9.78. The Hall–Kier alpha value is -0.870. The van der Waals surface area contributed by atoms with Gasteiger partial charge in [0.1, 0.15) is 0 Å². The van der Waals surface area contributed by atoms with Gasteiger partial charge in [-0.2, -0.15) is 5.10 Å². The molecule has 2 nitrogen and oxygen atoms in total. The van der Waals surface area contributed by atoms with E-state index in [4.69, 9.17) is 12.2 Å². The van der Waals surface area contributed by atoms with Crippen LogP contribution in [0.4, 0.5) is 0 Å². The summed E-state index contributed by atoms with van der Waals surface area (Å²) in [5.41, 5.74) is 5.07. The number of benzene rings is 1. The molecule has 14 heavy (non-hydrogen) atoms. The van der Waals surface area contributed by atoms with Crippen LogP contribution in [-0.4, -0.2) is 16.8 Å². The summed E-state index contributed by atoms with van der Waals surface area (Å²) in [5, 5.41) is 4.00. The first-order chi connectivity index (χ1) is 6.72. The summed E-state index contributed by atoms with van der Waals surface area (Å²) in [6.07, 6.45) is 3.67. The van der Waals surface area contributed by atoms with Crippen molar-refractivity contribution < 1.29 is 0 Å². The molecule has 0 saturated carbocycles. The molecule has 0 fully saturated rings. The molecule has 1 N–H and O–H groups in total. The van der Waals surface area contributed by atoms with Gasteiger partial charge in [0.25, 0.3) is 0 Å². The number of nitrogens with one attached hydrogen (secondary N) is 1. The van der Waals surface area contributed by atoms with Crippen LogP contribution in [0, 0.1) is 6.92 Å². The highest BCUT2D eigenvalue weighted by Gasteiger charge is 1.88. The van der Waals surface area contributed by atoms with Gasteiger partial charge in [0, 0.05) is 0 Å². The molecule has 0 aliphatic rings. The average molecular weight is 224 g/mol. The first-order valence-corrected chi connectivity index (χ1v) is 5.79. The molecule has 0 atom stereocenters. The summed E-state index contributed by atoms with van der Waals surface area (Å²) < 4.78 is 0.674. The fraction of sp³-hybridized carbons (Fsp3) is 0.200. The second-order valence-electron chi connectivity index (χ2n) is 2.77. The SMILES string of the molecule is CSC(=S)NN=Cc1ccc(C)cc1. The Kier molecular flexibility index (Phi) is 4.62. The van der Waals surface area contributed by atoms with Crippen LogP contribution >= 0.6 is 24.0 Å². The number of nitrogens with zero attached hydrogens (tertiary/aromatic N) is 1. The molecule has 4 heteroatoms. The normalized spacial score (nSPS) is 10.4. The monoisotopic (exact) mass is 224 g/mol. The van der Waals surface area contributed by atoms with E-state index < -0.39 is 0 Å². The molecular formula is C10H12N2S2. The molecule has 0 heterocycles. The van der Waals surface area contributed by atoms with E-state index in [1.54, 1.807) is 6.21 Å². The van der Waals surface area contributed by atoms with Crippen LogP contribution in [0.5, 0.6) is 0 Å². The Labute approximate surface area is 93.8 Å². The molecule has 0 aliphatic heterocycles. The third-order valence-electron chi connectivity index (χ3n) is 1.63. The van der Waals surface area contributed by atoms with Gasteiger partial charge in [0.05, 0.1) is 6.21 Å². The minimum absolute atomic E-state index is 0.674. The van der Waals surface area contributed by atoms with E-state index >= 15 is 0 Å². The van der Waals surface area contributed by atoms with E-state index in [9.17, 15) is 0 Å². The second kappa shape index (κ2) is 5.78.